The van der Waals surface area contributed by atoms with E-state index in [4.69, 9.17) is 4.74 Å². The molecule has 7 heteroatoms. The summed E-state index contributed by atoms with van der Waals surface area (Å²) in [5.41, 5.74) is 4.23. The summed E-state index contributed by atoms with van der Waals surface area (Å²) in [6, 6.07) is 13.3. The predicted octanol–water partition coefficient (Wildman–Crippen LogP) is 2.50. The standard InChI is InChI=1S/C21H24N4O3/c1-14-4-6-16(7-5-14)17-8-18(21(27)24-15(2)11-26)10-19(9-17)25-20(12-28-3)22-13-23-25/h4-10,13,15,26H,11-12H2,1-3H3,(H,24,27)/t15-/m0/s1. The number of nitrogens with one attached hydrogen (secondary N) is 1. The molecule has 1 amide bonds. The van der Waals surface area contributed by atoms with Crippen LogP contribution in [0.2, 0.25) is 0 Å². The number of nitrogens with zero attached hydrogens (tertiary/aromatic N) is 3. The Bertz CT molecular complexity index is 951. The van der Waals surface area contributed by atoms with Gasteiger partial charge in [0.1, 0.15) is 12.9 Å². The van der Waals surface area contributed by atoms with E-state index in [0.717, 1.165) is 16.7 Å². The third-order valence-electron chi connectivity index (χ3n) is 4.35. The molecule has 0 unspecified atom stereocenters. The molecule has 2 N–H and O–H groups in total. The molecule has 0 saturated carbocycles. The van der Waals surface area contributed by atoms with E-state index in [-0.39, 0.29) is 18.6 Å². The van der Waals surface area contributed by atoms with Crippen molar-refractivity contribution in [2.75, 3.05) is 13.7 Å². The van der Waals surface area contributed by atoms with Crippen LogP contribution in [0.5, 0.6) is 0 Å². The largest absolute Gasteiger partial charge is 0.394 e. The van der Waals surface area contributed by atoms with E-state index in [0.29, 0.717) is 23.7 Å². The number of rotatable bonds is 7. The van der Waals surface area contributed by atoms with Gasteiger partial charge >= 0.3 is 0 Å². The van der Waals surface area contributed by atoms with Crippen molar-refractivity contribution in [2.24, 2.45) is 0 Å². The average Bonchev–Trinajstić information content (AvgIpc) is 3.16. The van der Waals surface area contributed by atoms with Gasteiger partial charge in [0.05, 0.1) is 12.3 Å². The lowest BCUT2D eigenvalue weighted by atomic mass is 10.0. The Morgan fingerprint density at radius 2 is 1.96 bits per heavy atom. The van der Waals surface area contributed by atoms with Crippen LogP contribution in [0.15, 0.2) is 48.8 Å². The smallest absolute Gasteiger partial charge is 0.251 e. The number of aliphatic hydroxyl groups is 1. The fourth-order valence-electron chi connectivity index (χ4n) is 2.84. The highest BCUT2D eigenvalue weighted by Gasteiger charge is 2.15. The lowest BCUT2D eigenvalue weighted by Crippen LogP contribution is -2.35. The molecule has 0 aliphatic rings. The number of aliphatic hydroxyl groups excluding tert-OH is 1. The lowest BCUT2D eigenvalue weighted by Gasteiger charge is -2.14. The van der Waals surface area contributed by atoms with Gasteiger partial charge in [-0.05, 0) is 43.2 Å². The maximum atomic E-state index is 12.7. The average molecular weight is 380 g/mol. The van der Waals surface area contributed by atoms with Gasteiger partial charge in [-0.3, -0.25) is 4.79 Å². The molecule has 3 aromatic rings. The number of ether oxygens (including phenoxy) is 1. The molecule has 1 atom stereocenters. The van der Waals surface area contributed by atoms with E-state index in [2.05, 4.69) is 15.4 Å². The summed E-state index contributed by atoms with van der Waals surface area (Å²) in [5, 5.41) is 16.3. The van der Waals surface area contributed by atoms with E-state index >= 15 is 0 Å². The number of carbonyl (C=O) groups excluding carboxylic acids is 1. The van der Waals surface area contributed by atoms with Crippen LogP contribution >= 0.6 is 0 Å². The number of benzene rings is 2. The molecule has 7 nitrogen and oxygen atoms in total. The monoisotopic (exact) mass is 380 g/mol. The third kappa shape index (κ3) is 4.44. The second kappa shape index (κ2) is 8.77. The predicted molar refractivity (Wildman–Crippen MR) is 106 cm³/mol. The minimum Gasteiger partial charge on any atom is -0.394 e. The maximum Gasteiger partial charge on any atom is 0.251 e. The highest BCUT2D eigenvalue weighted by molar-refractivity contribution is 5.96. The molecule has 0 aliphatic heterocycles. The van der Waals surface area contributed by atoms with Crippen molar-refractivity contribution in [3.05, 3.63) is 65.7 Å². The highest BCUT2D eigenvalue weighted by Crippen LogP contribution is 2.25. The van der Waals surface area contributed by atoms with Gasteiger partial charge in [-0.25, -0.2) is 9.67 Å². The molecule has 1 heterocycles. The van der Waals surface area contributed by atoms with Crippen LogP contribution in [-0.4, -0.2) is 45.5 Å². The van der Waals surface area contributed by atoms with E-state index in [1.54, 1.807) is 24.8 Å². The first kappa shape index (κ1) is 19.7. The lowest BCUT2D eigenvalue weighted by molar-refractivity contribution is 0.0922. The van der Waals surface area contributed by atoms with E-state index in [1.807, 2.05) is 43.3 Å². The zero-order valence-corrected chi connectivity index (χ0v) is 16.2. The second-order valence-electron chi connectivity index (χ2n) is 6.71. The number of methoxy groups -OCH3 is 1. The molecule has 0 bridgehead atoms. The SMILES string of the molecule is COCc1ncnn1-c1cc(C(=O)N[C@@H](C)CO)cc(-c2ccc(C)cc2)c1. The van der Waals surface area contributed by atoms with Gasteiger partial charge in [-0.1, -0.05) is 29.8 Å². The second-order valence-corrected chi connectivity index (χ2v) is 6.71. The van der Waals surface area contributed by atoms with Gasteiger partial charge in [0.2, 0.25) is 0 Å². The summed E-state index contributed by atoms with van der Waals surface area (Å²) >= 11 is 0. The molecular formula is C21H24N4O3. The van der Waals surface area contributed by atoms with Crippen LogP contribution in [0.3, 0.4) is 0 Å². The summed E-state index contributed by atoms with van der Waals surface area (Å²) in [6.45, 7) is 3.95. The Balaban J connectivity index is 2.09. The topological polar surface area (TPSA) is 89.3 Å². The van der Waals surface area contributed by atoms with Gasteiger partial charge in [0.25, 0.3) is 5.91 Å². The molecular weight excluding hydrogens is 356 g/mol. The fraction of sp³-hybridized carbons (Fsp3) is 0.286. The van der Waals surface area contributed by atoms with E-state index < -0.39 is 0 Å². The Labute approximate surface area is 164 Å². The van der Waals surface area contributed by atoms with Gasteiger partial charge in [0.15, 0.2) is 5.82 Å². The molecule has 0 aliphatic carbocycles. The first-order valence-corrected chi connectivity index (χ1v) is 9.04. The van der Waals surface area contributed by atoms with Crippen LogP contribution < -0.4 is 5.32 Å². The van der Waals surface area contributed by atoms with Crippen molar-refractivity contribution < 1.29 is 14.6 Å². The number of amides is 1. The quantitative estimate of drug-likeness (QED) is 0.657. The molecule has 0 spiro atoms. The minimum atomic E-state index is -0.339. The number of hydrogen-bond donors (Lipinski definition) is 2. The summed E-state index contributed by atoms with van der Waals surface area (Å²) < 4.78 is 6.85. The van der Waals surface area contributed by atoms with Crippen molar-refractivity contribution in [3.8, 4) is 16.8 Å². The van der Waals surface area contributed by atoms with E-state index in [9.17, 15) is 9.90 Å². The molecule has 28 heavy (non-hydrogen) atoms. The van der Waals surface area contributed by atoms with Crippen molar-refractivity contribution in [1.82, 2.24) is 20.1 Å². The number of carbonyl (C=O) groups is 1. The Kier molecular flexibility index (Phi) is 6.18. The van der Waals surface area contributed by atoms with Crippen LogP contribution in [-0.2, 0) is 11.3 Å². The highest BCUT2D eigenvalue weighted by atomic mass is 16.5. The molecule has 2 aromatic carbocycles. The van der Waals surface area contributed by atoms with Crippen LogP contribution in [0, 0.1) is 6.92 Å². The van der Waals surface area contributed by atoms with Crippen LogP contribution in [0.25, 0.3) is 16.8 Å². The van der Waals surface area contributed by atoms with Gasteiger partial charge in [0, 0.05) is 18.7 Å². The zero-order chi connectivity index (χ0) is 20.1. The van der Waals surface area contributed by atoms with Gasteiger partial charge < -0.3 is 15.2 Å². The molecule has 1 aromatic heterocycles. The Morgan fingerprint density at radius 1 is 1.21 bits per heavy atom. The van der Waals surface area contributed by atoms with E-state index in [1.165, 1.54) is 6.33 Å². The summed E-state index contributed by atoms with van der Waals surface area (Å²) in [6.07, 6.45) is 1.46. The number of hydrogen-bond acceptors (Lipinski definition) is 5. The van der Waals surface area contributed by atoms with Crippen LogP contribution in [0.4, 0.5) is 0 Å². The molecule has 146 valence electrons. The summed E-state index contributed by atoms with van der Waals surface area (Å²) in [4.78, 5) is 16.9. The van der Waals surface area contributed by atoms with Gasteiger partial charge in [-0.15, -0.1) is 0 Å². The Hall–Kier alpha value is -3.03. The molecule has 0 radical (unpaired) electrons. The summed E-state index contributed by atoms with van der Waals surface area (Å²) in [7, 11) is 1.59. The normalized spacial score (nSPS) is 12.0. The Morgan fingerprint density at radius 3 is 2.64 bits per heavy atom. The minimum absolute atomic E-state index is 0.128. The molecule has 3 rings (SSSR count). The molecule has 0 saturated heterocycles. The first-order valence-electron chi connectivity index (χ1n) is 9.04. The van der Waals surface area contributed by atoms with Crippen molar-refractivity contribution in [1.29, 1.82) is 0 Å². The van der Waals surface area contributed by atoms with Crippen molar-refractivity contribution >= 4 is 5.91 Å². The fourth-order valence-corrected chi connectivity index (χ4v) is 2.84. The zero-order valence-electron chi connectivity index (χ0n) is 16.2. The van der Waals surface area contributed by atoms with Crippen molar-refractivity contribution in [3.63, 3.8) is 0 Å². The van der Waals surface area contributed by atoms with Crippen LogP contribution in [0.1, 0.15) is 28.7 Å². The number of aromatic nitrogens is 3. The first-order chi connectivity index (χ1) is 13.5. The number of aryl methyl sites for hydroxylation is 1. The summed E-state index contributed by atoms with van der Waals surface area (Å²) in [5.74, 6) is 0.379. The molecule has 0 fully saturated rings. The van der Waals surface area contributed by atoms with Crippen molar-refractivity contribution in [2.45, 2.75) is 26.5 Å². The third-order valence-corrected chi connectivity index (χ3v) is 4.35. The van der Waals surface area contributed by atoms with Gasteiger partial charge in [-0.2, -0.15) is 5.10 Å². The maximum absolute atomic E-state index is 12.7.